The van der Waals surface area contributed by atoms with Crippen molar-refractivity contribution in [3.8, 4) is 0 Å². The molecule has 106 valence electrons. The number of amides is 1. The van der Waals surface area contributed by atoms with Gasteiger partial charge in [0.05, 0.1) is 10.2 Å². The molecule has 1 aromatic heterocycles. The molecule has 4 nitrogen and oxygen atoms in total. The van der Waals surface area contributed by atoms with Crippen molar-refractivity contribution in [3.05, 3.63) is 53.6 Å². The minimum atomic E-state index is -1.07. The van der Waals surface area contributed by atoms with E-state index in [4.69, 9.17) is 5.73 Å². The van der Waals surface area contributed by atoms with Crippen LogP contribution in [0.2, 0.25) is 0 Å². The molecular weight excluding hydrogens is 296 g/mol. The highest BCUT2D eigenvalue weighted by atomic mass is 32.1. The van der Waals surface area contributed by atoms with Gasteiger partial charge in [0.15, 0.2) is 16.8 Å². The van der Waals surface area contributed by atoms with Crippen molar-refractivity contribution in [2.24, 2.45) is 0 Å². The first kappa shape index (κ1) is 13.4. The van der Waals surface area contributed by atoms with Gasteiger partial charge in [-0.05, 0) is 36.4 Å². The van der Waals surface area contributed by atoms with Crippen molar-refractivity contribution in [2.75, 3.05) is 11.1 Å². The predicted octanol–water partition coefficient (Wildman–Crippen LogP) is 3.41. The molecule has 0 saturated carbocycles. The van der Waals surface area contributed by atoms with E-state index in [9.17, 15) is 13.6 Å². The summed E-state index contributed by atoms with van der Waals surface area (Å²) in [5, 5.41) is 2.92. The Labute approximate surface area is 122 Å². The standard InChI is InChI=1S/C14H9F2N3OS/c15-9-3-1-7(5-10(9)16)13(20)19-14-18-11-4-2-8(17)6-12(11)21-14/h1-6H,17H2,(H,18,19,20). The lowest BCUT2D eigenvalue weighted by Gasteiger charge is -2.01. The van der Waals surface area contributed by atoms with Crippen molar-refractivity contribution in [1.82, 2.24) is 4.98 Å². The van der Waals surface area contributed by atoms with E-state index < -0.39 is 17.5 Å². The smallest absolute Gasteiger partial charge is 0.257 e. The Morgan fingerprint density at radius 1 is 1.14 bits per heavy atom. The zero-order chi connectivity index (χ0) is 15.0. The summed E-state index contributed by atoms with van der Waals surface area (Å²) in [5.74, 6) is -2.62. The topological polar surface area (TPSA) is 68.0 Å². The number of rotatable bonds is 2. The molecule has 3 aromatic rings. The van der Waals surface area contributed by atoms with Crippen LogP contribution in [-0.4, -0.2) is 10.9 Å². The highest BCUT2D eigenvalue weighted by Crippen LogP contribution is 2.27. The summed E-state index contributed by atoms with van der Waals surface area (Å²) >= 11 is 1.25. The number of halogens is 2. The number of fused-ring (bicyclic) bond motifs is 1. The third kappa shape index (κ3) is 2.68. The molecule has 21 heavy (non-hydrogen) atoms. The van der Waals surface area contributed by atoms with Crippen LogP contribution in [0.4, 0.5) is 19.6 Å². The Balaban J connectivity index is 1.87. The number of benzene rings is 2. The maximum absolute atomic E-state index is 13.1. The fraction of sp³-hybridized carbons (Fsp3) is 0. The second kappa shape index (κ2) is 5.10. The van der Waals surface area contributed by atoms with Gasteiger partial charge in [-0.2, -0.15) is 0 Å². The van der Waals surface area contributed by atoms with Crippen LogP contribution in [0, 0.1) is 11.6 Å². The SMILES string of the molecule is Nc1ccc2nc(NC(=O)c3ccc(F)c(F)c3)sc2c1. The van der Waals surface area contributed by atoms with Crippen molar-refractivity contribution >= 4 is 38.3 Å². The summed E-state index contributed by atoms with van der Waals surface area (Å²) in [6.45, 7) is 0. The number of nitrogens with two attached hydrogens (primary N) is 1. The fourth-order valence-corrected chi connectivity index (χ4v) is 2.71. The van der Waals surface area contributed by atoms with Crippen molar-refractivity contribution in [1.29, 1.82) is 0 Å². The summed E-state index contributed by atoms with van der Waals surface area (Å²) in [5.41, 5.74) is 7.00. The third-order valence-electron chi connectivity index (χ3n) is 2.81. The molecule has 0 unspecified atom stereocenters. The van der Waals surface area contributed by atoms with E-state index in [1.54, 1.807) is 18.2 Å². The van der Waals surface area contributed by atoms with Crippen LogP contribution in [0.1, 0.15) is 10.4 Å². The van der Waals surface area contributed by atoms with Crippen molar-refractivity contribution in [3.63, 3.8) is 0 Å². The van der Waals surface area contributed by atoms with Crippen LogP contribution in [0.15, 0.2) is 36.4 Å². The number of anilines is 2. The predicted molar refractivity (Wildman–Crippen MR) is 78.3 cm³/mol. The molecular formula is C14H9F2N3OS. The van der Waals surface area contributed by atoms with Crippen LogP contribution >= 0.6 is 11.3 Å². The van der Waals surface area contributed by atoms with Crippen LogP contribution in [0.5, 0.6) is 0 Å². The maximum Gasteiger partial charge on any atom is 0.257 e. The molecule has 1 heterocycles. The van der Waals surface area contributed by atoms with Gasteiger partial charge in [-0.1, -0.05) is 11.3 Å². The summed E-state index contributed by atoms with van der Waals surface area (Å²) in [6.07, 6.45) is 0. The van der Waals surface area contributed by atoms with Gasteiger partial charge in [0.1, 0.15) is 0 Å². The summed E-state index contributed by atoms with van der Waals surface area (Å²) in [6, 6.07) is 8.16. The molecule has 1 amide bonds. The van der Waals surface area contributed by atoms with Gasteiger partial charge in [-0.3, -0.25) is 10.1 Å². The number of hydrogen-bond acceptors (Lipinski definition) is 4. The number of carbonyl (C=O) groups excluding carboxylic acids is 1. The Kier molecular flexibility index (Phi) is 3.26. The minimum Gasteiger partial charge on any atom is -0.399 e. The van der Waals surface area contributed by atoms with E-state index >= 15 is 0 Å². The van der Waals surface area contributed by atoms with Gasteiger partial charge < -0.3 is 5.73 Å². The molecule has 0 spiro atoms. The van der Waals surface area contributed by atoms with Crippen LogP contribution < -0.4 is 11.1 Å². The van der Waals surface area contributed by atoms with Crippen LogP contribution in [-0.2, 0) is 0 Å². The zero-order valence-corrected chi connectivity index (χ0v) is 11.4. The Bertz CT molecular complexity index is 847. The second-order valence-corrected chi connectivity index (χ2v) is 5.36. The molecule has 0 radical (unpaired) electrons. The van der Waals surface area contributed by atoms with Gasteiger partial charge in [-0.15, -0.1) is 0 Å². The molecule has 3 rings (SSSR count). The van der Waals surface area contributed by atoms with E-state index in [0.29, 0.717) is 16.3 Å². The fourth-order valence-electron chi connectivity index (χ4n) is 1.80. The van der Waals surface area contributed by atoms with E-state index in [1.165, 1.54) is 17.4 Å². The summed E-state index contributed by atoms with van der Waals surface area (Å²) in [4.78, 5) is 16.2. The van der Waals surface area contributed by atoms with Crippen LogP contribution in [0.25, 0.3) is 10.2 Å². The highest BCUT2D eigenvalue weighted by Gasteiger charge is 2.12. The summed E-state index contributed by atoms with van der Waals surface area (Å²) < 4.78 is 26.8. The first-order valence-electron chi connectivity index (χ1n) is 5.95. The molecule has 3 N–H and O–H groups in total. The van der Waals surface area contributed by atoms with E-state index in [-0.39, 0.29) is 5.56 Å². The average molecular weight is 305 g/mol. The van der Waals surface area contributed by atoms with Crippen LogP contribution in [0.3, 0.4) is 0 Å². The number of thiazole rings is 1. The number of hydrogen-bond donors (Lipinski definition) is 2. The largest absolute Gasteiger partial charge is 0.399 e. The van der Waals surface area contributed by atoms with Gasteiger partial charge in [0.2, 0.25) is 0 Å². The number of aromatic nitrogens is 1. The van der Waals surface area contributed by atoms with Crippen molar-refractivity contribution in [2.45, 2.75) is 0 Å². The Hall–Kier alpha value is -2.54. The lowest BCUT2D eigenvalue weighted by atomic mass is 10.2. The van der Waals surface area contributed by atoms with Gasteiger partial charge in [-0.25, -0.2) is 13.8 Å². The Morgan fingerprint density at radius 3 is 2.71 bits per heavy atom. The molecule has 7 heteroatoms. The quantitative estimate of drug-likeness (QED) is 0.713. The molecule has 0 aliphatic rings. The Morgan fingerprint density at radius 2 is 1.95 bits per heavy atom. The lowest BCUT2D eigenvalue weighted by Crippen LogP contribution is -2.12. The first-order valence-corrected chi connectivity index (χ1v) is 6.77. The zero-order valence-electron chi connectivity index (χ0n) is 10.6. The third-order valence-corrected chi connectivity index (χ3v) is 3.75. The average Bonchev–Trinajstić information content (AvgIpc) is 2.83. The number of carbonyl (C=O) groups is 1. The van der Waals surface area contributed by atoms with Crippen molar-refractivity contribution < 1.29 is 13.6 Å². The number of nitrogens with zero attached hydrogens (tertiary/aromatic N) is 1. The van der Waals surface area contributed by atoms with E-state index in [0.717, 1.165) is 16.8 Å². The molecule has 0 fully saturated rings. The molecule has 0 bridgehead atoms. The number of nitrogen functional groups attached to an aromatic ring is 1. The van der Waals surface area contributed by atoms with E-state index in [1.807, 2.05) is 0 Å². The normalized spacial score (nSPS) is 10.8. The molecule has 2 aromatic carbocycles. The second-order valence-electron chi connectivity index (χ2n) is 4.33. The number of nitrogens with one attached hydrogen (secondary N) is 1. The highest BCUT2D eigenvalue weighted by molar-refractivity contribution is 7.22. The monoisotopic (exact) mass is 305 g/mol. The van der Waals surface area contributed by atoms with Gasteiger partial charge in [0, 0.05) is 11.3 Å². The van der Waals surface area contributed by atoms with Gasteiger partial charge in [0.25, 0.3) is 5.91 Å². The molecule has 0 saturated heterocycles. The minimum absolute atomic E-state index is 0.0210. The summed E-state index contributed by atoms with van der Waals surface area (Å²) in [7, 11) is 0. The molecule has 0 aliphatic carbocycles. The maximum atomic E-state index is 13.1. The first-order chi connectivity index (χ1) is 10.0. The lowest BCUT2D eigenvalue weighted by molar-refractivity contribution is 0.102. The van der Waals surface area contributed by atoms with E-state index in [2.05, 4.69) is 10.3 Å². The molecule has 0 atom stereocenters. The molecule has 0 aliphatic heterocycles. The van der Waals surface area contributed by atoms with Gasteiger partial charge >= 0.3 is 0 Å².